The molecular formula is C11H15NO3S2. The number of hydrogen-bond acceptors (Lipinski definition) is 4. The average molecular weight is 273 g/mol. The Morgan fingerprint density at radius 3 is 2.47 bits per heavy atom. The van der Waals surface area contributed by atoms with Crippen molar-refractivity contribution in [3.8, 4) is 0 Å². The minimum Gasteiger partial charge on any atom is -0.302 e. The molecular weight excluding hydrogens is 258 g/mol. The first-order valence-corrected chi connectivity index (χ1v) is 6.97. The van der Waals surface area contributed by atoms with E-state index in [2.05, 4.69) is 0 Å². The van der Waals surface area contributed by atoms with E-state index in [0.717, 1.165) is 17.3 Å². The zero-order valence-electron chi connectivity index (χ0n) is 9.71. The molecule has 17 heavy (non-hydrogen) atoms. The van der Waals surface area contributed by atoms with Crippen LogP contribution in [-0.2, 0) is 20.6 Å². The van der Waals surface area contributed by atoms with Crippen molar-refractivity contribution in [1.82, 2.24) is 0 Å². The summed E-state index contributed by atoms with van der Waals surface area (Å²) in [6.45, 7) is 3.38. The van der Waals surface area contributed by atoms with Gasteiger partial charge in [-0.05, 0) is 24.6 Å². The number of carbonyl (C=O) groups is 2. The van der Waals surface area contributed by atoms with E-state index in [1.807, 2.05) is 25.1 Å². The van der Waals surface area contributed by atoms with E-state index in [1.54, 1.807) is 6.07 Å². The highest BCUT2D eigenvalue weighted by Gasteiger charge is 1.95. The summed E-state index contributed by atoms with van der Waals surface area (Å²) in [5.74, 6) is 0.287. The van der Waals surface area contributed by atoms with Crippen LogP contribution in [0, 0.1) is 6.92 Å². The first kappa shape index (κ1) is 16.0. The molecule has 4 nitrogen and oxygen atoms in total. The summed E-state index contributed by atoms with van der Waals surface area (Å²) in [5.41, 5.74) is 1.08. The number of aldehydes is 1. The molecule has 94 valence electrons. The van der Waals surface area contributed by atoms with Crippen LogP contribution in [0.25, 0.3) is 0 Å². The molecule has 1 aromatic rings. The Balaban J connectivity index is 0.000000325. The van der Waals surface area contributed by atoms with Crippen molar-refractivity contribution in [3.63, 3.8) is 0 Å². The molecule has 0 aliphatic rings. The third-order valence-corrected chi connectivity index (χ3v) is 3.00. The van der Waals surface area contributed by atoms with Crippen LogP contribution in [-0.4, -0.2) is 21.4 Å². The second-order valence-corrected chi connectivity index (χ2v) is 5.35. The van der Waals surface area contributed by atoms with Crippen LogP contribution in [0.1, 0.15) is 12.5 Å². The van der Waals surface area contributed by atoms with Crippen molar-refractivity contribution in [1.29, 1.82) is 0 Å². The Morgan fingerprint density at radius 1 is 1.53 bits per heavy atom. The predicted molar refractivity (Wildman–Crippen MR) is 71.0 cm³/mol. The molecule has 2 N–H and O–H groups in total. The number of thioether (sulfide) groups is 1. The van der Waals surface area contributed by atoms with E-state index in [-0.39, 0.29) is 10.9 Å². The zero-order chi connectivity index (χ0) is 13.3. The number of carbonyl (C=O) groups excluding carboxylic acids is 2. The summed E-state index contributed by atoms with van der Waals surface area (Å²) < 4.78 is 10.7. The first-order chi connectivity index (χ1) is 7.97. The second kappa shape index (κ2) is 9.09. The molecule has 0 amide bonds. The van der Waals surface area contributed by atoms with Crippen molar-refractivity contribution in [2.24, 2.45) is 5.14 Å². The van der Waals surface area contributed by atoms with Gasteiger partial charge < -0.3 is 4.79 Å². The number of rotatable bonds is 3. The minimum absolute atomic E-state index is 0.00731. The van der Waals surface area contributed by atoms with Gasteiger partial charge in [0.2, 0.25) is 0 Å². The number of benzene rings is 1. The summed E-state index contributed by atoms with van der Waals surface area (Å²) in [4.78, 5) is 20.2. The maximum atomic E-state index is 10.7. The molecule has 0 fully saturated rings. The lowest BCUT2D eigenvalue weighted by atomic mass is 10.2. The van der Waals surface area contributed by atoms with Crippen LogP contribution >= 0.6 is 11.8 Å². The van der Waals surface area contributed by atoms with Crippen LogP contribution in [0.5, 0.6) is 0 Å². The van der Waals surface area contributed by atoms with Crippen molar-refractivity contribution in [2.75, 3.05) is 5.75 Å². The van der Waals surface area contributed by atoms with Crippen LogP contribution in [0.2, 0.25) is 0 Å². The smallest absolute Gasteiger partial charge is 0.186 e. The summed E-state index contributed by atoms with van der Waals surface area (Å²) >= 11 is 1.02. The summed E-state index contributed by atoms with van der Waals surface area (Å²) in [5, 5.41) is 5.15. The van der Waals surface area contributed by atoms with Gasteiger partial charge in [0, 0.05) is 6.92 Å². The SMILES string of the molecule is CC(=O)SCC=O.Cc1cccc(S(N)=O)c1. The van der Waals surface area contributed by atoms with Gasteiger partial charge in [-0.25, -0.2) is 9.35 Å². The zero-order valence-corrected chi connectivity index (χ0v) is 11.3. The average Bonchev–Trinajstić information content (AvgIpc) is 2.27. The molecule has 6 heteroatoms. The standard InChI is InChI=1S/C7H9NOS.C4H6O2S/c1-6-3-2-4-7(5-6)10(8)9;1-4(6)7-3-2-5/h2-5H,8H2,1H3;2H,3H2,1H3. The highest BCUT2D eigenvalue weighted by atomic mass is 32.2. The van der Waals surface area contributed by atoms with Crippen LogP contribution < -0.4 is 5.14 Å². The summed E-state index contributed by atoms with van der Waals surface area (Å²) in [6, 6.07) is 7.35. The van der Waals surface area contributed by atoms with Gasteiger partial charge >= 0.3 is 0 Å². The summed E-state index contributed by atoms with van der Waals surface area (Å²) in [7, 11) is -1.34. The number of aryl methyl sites for hydroxylation is 1. The van der Waals surface area contributed by atoms with E-state index < -0.39 is 11.0 Å². The van der Waals surface area contributed by atoms with Crippen molar-refractivity contribution in [3.05, 3.63) is 29.8 Å². The highest BCUT2D eigenvalue weighted by molar-refractivity contribution is 8.14. The largest absolute Gasteiger partial charge is 0.302 e. The monoisotopic (exact) mass is 273 g/mol. The molecule has 0 aliphatic heterocycles. The van der Waals surface area contributed by atoms with Crippen molar-refractivity contribution in [2.45, 2.75) is 18.7 Å². The molecule has 1 rings (SSSR count). The van der Waals surface area contributed by atoms with Crippen molar-refractivity contribution >= 4 is 34.1 Å². The molecule has 0 heterocycles. The Morgan fingerprint density at radius 2 is 2.18 bits per heavy atom. The second-order valence-electron chi connectivity index (χ2n) is 3.08. The lowest BCUT2D eigenvalue weighted by molar-refractivity contribution is -0.109. The molecule has 0 spiro atoms. The van der Waals surface area contributed by atoms with Gasteiger partial charge in [0.25, 0.3) is 0 Å². The fraction of sp³-hybridized carbons (Fsp3) is 0.273. The van der Waals surface area contributed by atoms with Gasteiger partial charge in [-0.3, -0.25) is 4.79 Å². The molecule has 0 aliphatic carbocycles. The molecule has 1 aromatic carbocycles. The lowest BCUT2D eigenvalue weighted by Crippen LogP contribution is -2.02. The topological polar surface area (TPSA) is 77.2 Å². The third-order valence-electron chi connectivity index (χ3n) is 1.58. The van der Waals surface area contributed by atoms with Gasteiger partial charge in [0.1, 0.15) is 17.3 Å². The van der Waals surface area contributed by atoms with Gasteiger partial charge in [-0.15, -0.1) is 0 Å². The van der Waals surface area contributed by atoms with E-state index in [0.29, 0.717) is 11.2 Å². The van der Waals surface area contributed by atoms with E-state index in [9.17, 15) is 13.8 Å². The Kier molecular flexibility index (Phi) is 8.57. The fourth-order valence-electron chi connectivity index (χ4n) is 0.892. The molecule has 1 atom stereocenters. The van der Waals surface area contributed by atoms with E-state index in [1.165, 1.54) is 6.92 Å². The number of nitrogens with two attached hydrogens (primary N) is 1. The van der Waals surface area contributed by atoms with Gasteiger partial charge in [0.15, 0.2) is 5.12 Å². The molecule has 0 bridgehead atoms. The molecule has 1 unspecified atom stereocenters. The van der Waals surface area contributed by atoms with Crippen LogP contribution in [0.15, 0.2) is 29.2 Å². The third kappa shape index (κ3) is 8.79. The van der Waals surface area contributed by atoms with Gasteiger partial charge in [-0.2, -0.15) is 0 Å². The van der Waals surface area contributed by atoms with Crippen LogP contribution in [0.4, 0.5) is 0 Å². The highest BCUT2D eigenvalue weighted by Crippen LogP contribution is 2.05. The maximum absolute atomic E-state index is 10.7. The molecule has 0 radical (unpaired) electrons. The van der Waals surface area contributed by atoms with Gasteiger partial charge in [-0.1, -0.05) is 23.9 Å². The minimum atomic E-state index is -1.34. The lowest BCUT2D eigenvalue weighted by Gasteiger charge is -1.95. The first-order valence-electron chi connectivity index (χ1n) is 4.77. The normalized spacial score (nSPS) is 11.0. The molecule has 0 aromatic heterocycles. The Hall–Kier alpha value is -0.980. The van der Waals surface area contributed by atoms with E-state index in [4.69, 9.17) is 5.14 Å². The summed E-state index contributed by atoms with van der Waals surface area (Å²) in [6.07, 6.45) is 0.714. The predicted octanol–water partition coefficient (Wildman–Crippen LogP) is 1.44. The van der Waals surface area contributed by atoms with E-state index >= 15 is 0 Å². The number of hydrogen-bond donors (Lipinski definition) is 1. The van der Waals surface area contributed by atoms with Gasteiger partial charge in [0.05, 0.1) is 10.6 Å². The Bertz CT molecular complexity index is 407. The Labute approximate surface area is 108 Å². The quantitative estimate of drug-likeness (QED) is 0.845. The molecule has 0 saturated carbocycles. The maximum Gasteiger partial charge on any atom is 0.186 e. The fourth-order valence-corrected chi connectivity index (χ4v) is 1.71. The van der Waals surface area contributed by atoms with Crippen LogP contribution in [0.3, 0.4) is 0 Å². The van der Waals surface area contributed by atoms with Crippen molar-refractivity contribution < 1.29 is 13.8 Å². The molecule has 0 saturated heterocycles.